The third-order valence-corrected chi connectivity index (χ3v) is 7.35. The highest BCUT2D eigenvalue weighted by atomic mass is 16.5. The van der Waals surface area contributed by atoms with Gasteiger partial charge in [0, 0.05) is 23.0 Å². The van der Waals surface area contributed by atoms with Crippen molar-refractivity contribution >= 4 is 11.6 Å². The Balaban J connectivity index is 1.50. The molecule has 1 aliphatic heterocycles. The summed E-state index contributed by atoms with van der Waals surface area (Å²) in [7, 11) is 0. The first-order valence-corrected chi connectivity index (χ1v) is 12.5. The number of fused-ring (bicyclic) bond motifs is 1. The monoisotopic (exact) mass is 458 g/mol. The van der Waals surface area contributed by atoms with Crippen LogP contribution in [-0.2, 0) is 13.1 Å². The maximum absolute atomic E-state index is 13.5. The molecular weight excluding hydrogens is 424 g/mol. The largest absolute Gasteiger partial charge is 0.457 e. The zero-order valence-electron chi connectivity index (χ0n) is 20.4. The minimum atomic E-state index is 0.0900. The molecule has 0 saturated heterocycles. The van der Waals surface area contributed by atoms with Crippen LogP contribution in [0.5, 0.6) is 11.5 Å². The lowest BCUT2D eigenvalue weighted by molar-refractivity contribution is 0.0723. The minimum absolute atomic E-state index is 0.0900. The first kappa shape index (κ1) is 22.7. The van der Waals surface area contributed by atoms with Crippen molar-refractivity contribution in [2.45, 2.75) is 65.6 Å². The van der Waals surface area contributed by atoms with Crippen LogP contribution >= 0.6 is 0 Å². The third-order valence-electron chi connectivity index (χ3n) is 7.35. The Labute approximate surface area is 201 Å². The van der Waals surface area contributed by atoms with Crippen molar-refractivity contribution in [2.75, 3.05) is 11.6 Å². The molecule has 2 aliphatic rings. The third kappa shape index (κ3) is 4.34. The van der Waals surface area contributed by atoms with Gasteiger partial charge in [-0.1, -0.05) is 44.9 Å². The number of rotatable bonds is 5. The van der Waals surface area contributed by atoms with Crippen LogP contribution in [0.15, 0.2) is 59.4 Å². The average molecular weight is 459 g/mol. The molecule has 0 radical (unpaired) electrons. The predicted molar refractivity (Wildman–Crippen MR) is 136 cm³/mol. The maximum Gasteiger partial charge on any atom is 0.259 e. The summed E-state index contributed by atoms with van der Waals surface area (Å²) < 4.78 is 7.87. The van der Waals surface area contributed by atoms with Gasteiger partial charge >= 0.3 is 0 Å². The molecule has 0 bridgehead atoms. The van der Waals surface area contributed by atoms with Crippen molar-refractivity contribution < 1.29 is 4.74 Å². The Morgan fingerprint density at radius 2 is 1.68 bits per heavy atom. The van der Waals surface area contributed by atoms with Crippen LogP contribution in [0.3, 0.4) is 0 Å². The Hall–Kier alpha value is -3.12. The van der Waals surface area contributed by atoms with E-state index in [-0.39, 0.29) is 5.56 Å². The zero-order chi connectivity index (χ0) is 23.7. The Bertz CT molecular complexity index is 1190. The van der Waals surface area contributed by atoms with E-state index in [0.717, 1.165) is 41.1 Å². The molecule has 0 spiro atoms. The molecule has 0 amide bonds. The van der Waals surface area contributed by atoms with Gasteiger partial charge in [-0.3, -0.25) is 19.2 Å². The number of para-hydroxylation sites is 1. The fourth-order valence-corrected chi connectivity index (χ4v) is 5.46. The second-order valence-corrected chi connectivity index (χ2v) is 9.60. The second kappa shape index (κ2) is 9.63. The van der Waals surface area contributed by atoms with Crippen molar-refractivity contribution in [3.05, 3.63) is 76.2 Å². The van der Waals surface area contributed by atoms with E-state index in [0.29, 0.717) is 25.0 Å². The number of ether oxygens (including phenoxy) is 1. The summed E-state index contributed by atoms with van der Waals surface area (Å²) in [6.07, 6.45) is 5.69. The number of hydrogen-bond acceptors (Lipinski definition) is 5. The second-order valence-electron chi connectivity index (χ2n) is 9.60. The molecule has 1 fully saturated rings. The van der Waals surface area contributed by atoms with Crippen molar-refractivity contribution in [3.63, 3.8) is 0 Å². The van der Waals surface area contributed by atoms with E-state index < -0.39 is 0 Å². The summed E-state index contributed by atoms with van der Waals surface area (Å²) >= 11 is 0. The van der Waals surface area contributed by atoms with Crippen LogP contribution in [0.1, 0.15) is 50.8 Å². The topological polar surface area (TPSA) is 50.6 Å². The molecule has 5 rings (SSSR count). The van der Waals surface area contributed by atoms with Gasteiger partial charge in [0.2, 0.25) is 5.95 Å². The summed E-state index contributed by atoms with van der Waals surface area (Å²) in [5, 5.41) is 0. The lowest BCUT2D eigenvalue weighted by Crippen LogP contribution is -2.53. The number of hydrogen-bond donors (Lipinski definition) is 0. The predicted octanol–water partition coefficient (Wildman–Crippen LogP) is 5.85. The summed E-state index contributed by atoms with van der Waals surface area (Å²) in [6.45, 7) is 7.67. The minimum Gasteiger partial charge on any atom is -0.457 e. The fraction of sp³-hybridized carbons (Fsp3) is 0.429. The van der Waals surface area contributed by atoms with E-state index in [2.05, 4.69) is 28.9 Å². The molecule has 1 saturated carbocycles. The fourth-order valence-electron chi connectivity index (χ4n) is 5.46. The maximum atomic E-state index is 13.5. The van der Waals surface area contributed by atoms with E-state index >= 15 is 0 Å². The smallest absolute Gasteiger partial charge is 0.259 e. The molecule has 3 aromatic rings. The van der Waals surface area contributed by atoms with E-state index in [1.165, 1.54) is 25.7 Å². The lowest BCUT2D eigenvalue weighted by Gasteiger charge is -2.45. The molecule has 2 unspecified atom stereocenters. The lowest BCUT2D eigenvalue weighted by atomic mass is 9.85. The van der Waals surface area contributed by atoms with Crippen LogP contribution in [0.4, 0.5) is 11.6 Å². The highest BCUT2D eigenvalue weighted by Crippen LogP contribution is 2.35. The Kier molecular flexibility index (Phi) is 6.42. The molecule has 34 heavy (non-hydrogen) atoms. The molecule has 2 atom stereocenters. The van der Waals surface area contributed by atoms with Crippen LogP contribution in [0, 0.1) is 12.8 Å². The summed E-state index contributed by atoms with van der Waals surface area (Å²) in [6, 6.07) is 18.4. The first-order valence-electron chi connectivity index (χ1n) is 12.5. The van der Waals surface area contributed by atoms with Gasteiger partial charge in [-0.05, 0) is 68.5 Å². The Morgan fingerprint density at radius 1 is 0.971 bits per heavy atom. The molecule has 2 heterocycles. The zero-order valence-corrected chi connectivity index (χ0v) is 20.4. The molecule has 178 valence electrons. The van der Waals surface area contributed by atoms with Crippen molar-refractivity contribution in [1.29, 1.82) is 0 Å². The van der Waals surface area contributed by atoms with E-state index in [1.54, 1.807) is 0 Å². The van der Waals surface area contributed by atoms with Gasteiger partial charge < -0.3 is 4.74 Å². The van der Waals surface area contributed by atoms with Crippen molar-refractivity contribution in [3.8, 4) is 11.5 Å². The molecule has 0 N–H and O–H groups in total. The number of aryl methyl sites for hydroxylation is 1. The van der Waals surface area contributed by atoms with Gasteiger partial charge in [0.15, 0.2) is 0 Å². The summed E-state index contributed by atoms with van der Waals surface area (Å²) in [4.78, 5) is 23.0. The molecule has 1 aromatic heterocycles. The number of aromatic nitrogens is 2. The number of nitrogens with zero attached hydrogens (tertiary/aromatic N) is 4. The SMILES string of the molecule is CCc1c(C)nc2n(c1=O)CN(C1CCCCC1C)CN2c1ccc(Oc2ccccc2)cc1. The average Bonchev–Trinajstić information content (AvgIpc) is 2.85. The van der Waals surface area contributed by atoms with E-state index in [1.807, 2.05) is 60.9 Å². The van der Waals surface area contributed by atoms with Gasteiger partial charge in [-0.15, -0.1) is 0 Å². The summed E-state index contributed by atoms with van der Waals surface area (Å²) in [5.74, 6) is 2.95. The van der Waals surface area contributed by atoms with Gasteiger partial charge in [-0.2, -0.15) is 0 Å². The Morgan fingerprint density at radius 3 is 2.38 bits per heavy atom. The summed E-state index contributed by atoms with van der Waals surface area (Å²) in [5.41, 5.74) is 2.74. The van der Waals surface area contributed by atoms with Gasteiger partial charge in [0.05, 0.1) is 13.3 Å². The molecule has 6 nitrogen and oxygen atoms in total. The van der Waals surface area contributed by atoms with Gasteiger partial charge in [0.25, 0.3) is 5.56 Å². The molecule has 2 aromatic carbocycles. The highest BCUT2D eigenvalue weighted by Gasteiger charge is 2.34. The first-order chi connectivity index (χ1) is 16.5. The van der Waals surface area contributed by atoms with Crippen molar-refractivity contribution in [2.24, 2.45) is 5.92 Å². The highest BCUT2D eigenvalue weighted by molar-refractivity contribution is 5.59. The molecular formula is C28H34N4O2. The number of benzene rings is 2. The van der Waals surface area contributed by atoms with Gasteiger partial charge in [-0.25, -0.2) is 4.98 Å². The quantitative estimate of drug-likeness (QED) is 0.480. The standard InChI is InChI=1S/C28H34N4O2/c1-4-25-21(3)29-28-31(22-14-16-24(17-15-22)34-23-11-6-5-7-12-23)18-30(19-32(28)27(25)33)26-13-9-8-10-20(26)2/h5-7,11-12,14-17,20,26H,4,8-10,13,18-19H2,1-3H3. The van der Waals surface area contributed by atoms with Crippen LogP contribution in [0.25, 0.3) is 0 Å². The normalized spacial score (nSPS) is 20.7. The van der Waals surface area contributed by atoms with Crippen LogP contribution in [0.2, 0.25) is 0 Å². The van der Waals surface area contributed by atoms with E-state index in [9.17, 15) is 4.79 Å². The molecule has 1 aliphatic carbocycles. The van der Waals surface area contributed by atoms with Crippen molar-refractivity contribution in [1.82, 2.24) is 14.5 Å². The number of anilines is 2. The van der Waals surface area contributed by atoms with Crippen LogP contribution < -0.4 is 15.2 Å². The van der Waals surface area contributed by atoms with Gasteiger partial charge in [0.1, 0.15) is 11.5 Å². The molecule has 6 heteroatoms. The van der Waals surface area contributed by atoms with Crippen LogP contribution in [-0.4, -0.2) is 27.2 Å². The van der Waals surface area contributed by atoms with E-state index in [4.69, 9.17) is 9.72 Å².